The highest BCUT2D eigenvalue weighted by molar-refractivity contribution is 6.32. The van der Waals surface area contributed by atoms with Crippen LogP contribution in [0.1, 0.15) is 5.56 Å². The molecule has 0 heterocycles. The van der Waals surface area contributed by atoms with Crippen LogP contribution in [0.3, 0.4) is 0 Å². The van der Waals surface area contributed by atoms with Gasteiger partial charge in [-0.2, -0.15) is 5.26 Å². The Kier molecular flexibility index (Phi) is 4.24. The van der Waals surface area contributed by atoms with Crippen LogP contribution in [0.2, 0.25) is 5.02 Å². The minimum absolute atomic E-state index is 0.488. The third kappa shape index (κ3) is 2.91. The van der Waals surface area contributed by atoms with Crippen LogP contribution >= 0.6 is 11.6 Å². The maximum absolute atomic E-state index is 8.66. The van der Waals surface area contributed by atoms with Crippen LogP contribution in [-0.2, 0) is 0 Å². The highest BCUT2D eigenvalue weighted by Gasteiger charge is 1.99. The molecule has 0 radical (unpaired) electrons. The van der Waals surface area contributed by atoms with Gasteiger partial charge in [-0.15, -0.1) is 0 Å². The monoisotopic (exact) mass is 209 g/mol. The number of halogens is 1. The molecule has 14 heavy (non-hydrogen) atoms. The summed E-state index contributed by atoms with van der Waals surface area (Å²) in [4.78, 5) is 0. The Morgan fingerprint density at radius 2 is 2.21 bits per heavy atom. The topological polar surface area (TPSA) is 47.8 Å². The zero-order chi connectivity index (χ0) is 10.4. The fourth-order valence-corrected chi connectivity index (χ4v) is 1.27. The maximum atomic E-state index is 8.66. The van der Waals surface area contributed by atoms with Crippen LogP contribution in [0.25, 0.3) is 0 Å². The van der Waals surface area contributed by atoms with Crippen molar-refractivity contribution >= 4 is 17.3 Å². The second-order valence-electron chi connectivity index (χ2n) is 2.84. The lowest BCUT2D eigenvalue weighted by Crippen LogP contribution is -2.17. The Labute approximate surface area is 88.7 Å². The largest absolute Gasteiger partial charge is 0.384 e. The lowest BCUT2D eigenvalue weighted by atomic mass is 10.2. The van der Waals surface area contributed by atoms with E-state index < -0.39 is 0 Å². The number of nitriles is 1. The quantitative estimate of drug-likeness (QED) is 0.744. The molecule has 0 aliphatic rings. The average molecular weight is 210 g/mol. The minimum Gasteiger partial charge on any atom is -0.384 e. The molecule has 4 heteroatoms. The molecule has 0 aliphatic heterocycles. The van der Waals surface area contributed by atoms with Gasteiger partial charge < -0.3 is 10.6 Å². The molecule has 1 aromatic carbocycles. The number of anilines is 1. The van der Waals surface area contributed by atoms with E-state index in [2.05, 4.69) is 10.6 Å². The Morgan fingerprint density at radius 1 is 1.43 bits per heavy atom. The van der Waals surface area contributed by atoms with Gasteiger partial charge in [0.05, 0.1) is 10.6 Å². The number of hydrogen-bond acceptors (Lipinski definition) is 3. The molecule has 0 saturated carbocycles. The molecule has 0 amide bonds. The smallest absolute Gasteiger partial charge is 0.101 e. The molecule has 74 valence electrons. The molecule has 3 nitrogen and oxygen atoms in total. The molecule has 1 rings (SSSR count). The molecule has 0 bridgehead atoms. The van der Waals surface area contributed by atoms with Crippen molar-refractivity contribution in [1.82, 2.24) is 5.32 Å². The zero-order valence-electron chi connectivity index (χ0n) is 7.97. The third-order valence-corrected chi connectivity index (χ3v) is 2.11. The Bertz CT molecular complexity index is 344. The number of benzene rings is 1. The lowest BCUT2D eigenvalue weighted by Gasteiger charge is -2.06. The van der Waals surface area contributed by atoms with Crippen molar-refractivity contribution in [2.45, 2.75) is 0 Å². The highest BCUT2D eigenvalue weighted by Crippen LogP contribution is 2.19. The average Bonchev–Trinajstić information content (AvgIpc) is 2.18. The van der Waals surface area contributed by atoms with Gasteiger partial charge in [-0.1, -0.05) is 11.6 Å². The molecule has 0 unspecified atom stereocenters. The van der Waals surface area contributed by atoms with Gasteiger partial charge in [-0.25, -0.2) is 0 Å². The van der Waals surface area contributed by atoms with E-state index in [0.717, 1.165) is 18.8 Å². The van der Waals surface area contributed by atoms with Gasteiger partial charge >= 0.3 is 0 Å². The van der Waals surface area contributed by atoms with Gasteiger partial charge in [-0.05, 0) is 25.2 Å². The summed E-state index contributed by atoms with van der Waals surface area (Å²) in [7, 11) is 1.90. The van der Waals surface area contributed by atoms with Crippen LogP contribution in [0, 0.1) is 11.3 Å². The summed E-state index contributed by atoms with van der Waals surface area (Å²) in [5.41, 5.74) is 1.44. The first-order valence-corrected chi connectivity index (χ1v) is 4.74. The first-order valence-electron chi connectivity index (χ1n) is 4.36. The molecule has 2 N–H and O–H groups in total. The number of likely N-dealkylation sites (N-methyl/N-ethyl adjacent to an activating group) is 1. The molecule has 0 aromatic heterocycles. The summed E-state index contributed by atoms with van der Waals surface area (Å²) in [5, 5.41) is 15.4. The van der Waals surface area contributed by atoms with Gasteiger partial charge in [0.1, 0.15) is 6.07 Å². The van der Waals surface area contributed by atoms with Gasteiger partial charge in [0.2, 0.25) is 0 Å². The van der Waals surface area contributed by atoms with E-state index in [1.807, 2.05) is 19.2 Å². The van der Waals surface area contributed by atoms with Crippen LogP contribution in [0.4, 0.5) is 5.69 Å². The summed E-state index contributed by atoms with van der Waals surface area (Å²) >= 11 is 5.86. The Morgan fingerprint density at radius 3 is 2.79 bits per heavy atom. The van der Waals surface area contributed by atoms with Crippen molar-refractivity contribution < 1.29 is 0 Å². The predicted octanol–water partition coefficient (Wildman–Crippen LogP) is 1.84. The first kappa shape index (κ1) is 10.8. The standard InChI is InChI=1S/C10H12ClN3/c1-13-4-5-14-9-3-2-8(7-12)10(11)6-9/h2-3,6,13-14H,4-5H2,1H3. The third-order valence-electron chi connectivity index (χ3n) is 1.79. The van der Waals surface area contributed by atoms with E-state index in [1.54, 1.807) is 12.1 Å². The molecule has 1 aromatic rings. The number of nitrogens with one attached hydrogen (secondary N) is 2. The van der Waals surface area contributed by atoms with E-state index in [9.17, 15) is 0 Å². The van der Waals surface area contributed by atoms with Crippen molar-refractivity contribution in [3.05, 3.63) is 28.8 Å². The Hall–Kier alpha value is -1.24. The van der Waals surface area contributed by atoms with Crippen molar-refractivity contribution in [2.24, 2.45) is 0 Å². The van der Waals surface area contributed by atoms with E-state index >= 15 is 0 Å². The first-order chi connectivity index (χ1) is 6.77. The van der Waals surface area contributed by atoms with Crippen molar-refractivity contribution in [1.29, 1.82) is 5.26 Å². The second kappa shape index (κ2) is 5.48. The van der Waals surface area contributed by atoms with Gasteiger partial charge in [0.25, 0.3) is 0 Å². The molecule has 0 aliphatic carbocycles. The fourth-order valence-electron chi connectivity index (χ4n) is 1.05. The van der Waals surface area contributed by atoms with E-state index in [-0.39, 0.29) is 0 Å². The van der Waals surface area contributed by atoms with E-state index in [4.69, 9.17) is 16.9 Å². The Balaban J connectivity index is 2.63. The number of rotatable bonds is 4. The lowest BCUT2D eigenvalue weighted by molar-refractivity contribution is 0.824. The number of hydrogen-bond donors (Lipinski definition) is 2. The molecule has 0 saturated heterocycles. The fraction of sp³-hybridized carbons (Fsp3) is 0.300. The van der Waals surface area contributed by atoms with Crippen LogP contribution in [0.5, 0.6) is 0 Å². The summed E-state index contributed by atoms with van der Waals surface area (Å²) in [6.45, 7) is 1.72. The van der Waals surface area contributed by atoms with Gasteiger partial charge in [0, 0.05) is 18.8 Å². The minimum atomic E-state index is 0.488. The van der Waals surface area contributed by atoms with Crippen LogP contribution in [-0.4, -0.2) is 20.1 Å². The van der Waals surface area contributed by atoms with Crippen LogP contribution < -0.4 is 10.6 Å². The van der Waals surface area contributed by atoms with Crippen molar-refractivity contribution in [2.75, 3.05) is 25.5 Å². The summed E-state index contributed by atoms with van der Waals surface area (Å²) < 4.78 is 0. The predicted molar refractivity (Wildman–Crippen MR) is 58.6 cm³/mol. The summed E-state index contributed by atoms with van der Waals surface area (Å²) in [5.74, 6) is 0. The van der Waals surface area contributed by atoms with Gasteiger partial charge in [-0.3, -0.25) is 0 Å². The summed E-state index contributed by atoms with van der Waals surface area (Å²) in [6, 6.07) is 7.34. The maximum Gasteiger partial charge on any atom is 0.101 e. The normalized spacial score (nSPS) is 9.50. The van der Waals surface area contributed by atoms with E-state index in [0.29, 0.717) is 10.6 Å². The van der Waals surface area contributed by atoms with Crippen molar-refractivity contribution in [3.8, 4) is 6.07 Å². The summed E-state index contributed by atoms with van der Waals surface area (Å²) in [6.07, 6.45) is 0. The van der Waals surface area contributed by atoms with Crippen molar-refractivity contribution in [3.63, 3.8) is 0 Å². The zero-order valence-corrected chi connectivity index (χ0v) is 8.73. The molecule has 0 fully saturated rings. The molecule has 0 spiro atoms. The highest BCUT2D eigenvalue weighted by atomic mass is 35.5. The van der Waals surface area contributed by atoms with Gasteiger partial charge in [0.15, 0.2) is 0 Å². The molecular formula is C10H12ClN3. The molecule has 0 atom stereocenters. The SMILES string of the molecule is CNCCNc1ccc(C#N)c(Cl)c1. The second-order valence-corrected chi connectivity index (χ2v) is 3.24. The number of nitrogens with zero attached hydrogens (tertiary/aromatic N) is 1. The van der Waals surface area contributed by atoms with E-state index in [1.165, 1.54) is 0 Å². The van der Waals surface area contributed by atoms with Crippen LogP contribution in [0.15, 0.2) is 18.2 Å². The molecular weight excluding hydrogens is 198 g/mol.